The van der Waals surface area contributed by atoms with Crippen LogP contribution in [0.25, 0.3) is 22.3 Å². The van der Waals surface area contributed by atoms with Crippen LogP contribution in [0.3, 0.4) is 0 Å². The van der Waals surface area contributed by atoms with Crippen molar-refractivity contribution in [2.75, 3.05) is 0 Å². The van der Waals surface area contributed by atoms with Gasteiger partial charge in [-0.3, -0.25) is 0 Å². The Morgan fingerprint density at radius 2 is 0.643 bits per heavy atom. The van der Waals surface area contributed by atoms with E-state index >= 15 is 0 Å². The molecule has 0 fully saturated rings. The Morgan fingerprint density at radius 3 is 0.857 bits per heavy atom. The van der Waals surface area contributed by atoms with Crippen LogP contribution >= 0.6 is 0 Å². The number of hydrogen-bond donors (Lipinski definition) is 0. The molecule has 0 radical (unpaired) electrons. The maximum Gasteiger partial charge on any atom is -0.0106 e. The van der Waals surface area contributed by atoms with Crippen LogP contribution in [0.1, 0.15) is 65.5 Å². The summed E-state index contributed by atoms with van der Waals surface area (Å²) in [5.41, 5.74) is 8.39. The second-order valence-electron chi connectivity index (χ2n) is 9.21. The fourth-order valence-electron chi connectivity index (χ4n) is 3.49. The minimum Gasteiger partial charge on any atom is -0.0646 e. The van der Waals surface area contributed by atoms with Gasteiger partial charge >= 0.3 is 0 Å². The van der Waals surface area contributed by atoms with Crippen molar-refractivity contribution < 1.29 is 0 Å². The lowest BCUT2D eigenvalue weighted by molar-refractivity contribution is 0.506. The Kier molecular flexibility index (Phi) is 5.79. The lowest BCUT2D eigenvalue weighted by atomic mass is 9.81. The maximum atomic E-state index is 2.31. The molecule has 0 aromatic heterocycles. The maximum absolute atomic E-state index is 2.31. The van der Waals surface area contributed by atoms with E-state index in [2.05, 4.69) is 114 Å². The molecule has 0 spiro atoms. The zero-order valence-electron chi connectivity index (χ0n) is 18.3. The van der Waals surface area contributed by atoms with Crippen molar-refractivity contribution in [1.82, 2.24) is 0 Å². The van der Waals surface area contributed by atoms with E-state index in [0.29, 0.717) is 0 Å². The van der Waals surface area contributed by atoms with Crippen LogP contribution in [0.2, 0.25) is 0 Å². The average Bonchev–Trinajstić information content (AvgIpc) is 2.74. The van der Waals surface area contributed by atoms with E-state index in [1.165, 1.54) is 33.4 Å². The molecule has 0 aliphatic rings. The molecule has 0 N–H and O–H groups in total. The van der Waals surface area contributed by atoms with E-state index < -0.39 is 0 Å². The lowest BCUT2D eigenvalue weighted by Crippen LogP contribution is -2.14. The highest BCUT2D eigenvalue weighted by Gasteiger charge is 2.18. The fraction of sp³-hybridized carbons (Fsp3) is 0.357. The minimum absolute atomic E-state index is 0.237. The molecule has 3 rings (SSSR count). The van der Waals surface area contributed by atoms with E-state index in [-0.39, 0.29) is 10.8 Å². The van der Waals surface area contributed by atoms with Crippen LogP contribution in [0.15, 0.2) is 72.8 Å². The van der Waals surface area contributed by atoms with Crippen molar-refractivity contribution >= 4 is 0 Å². The Morgan fingerprint density at radius 1 is 0.429 bits per heavy atom. The molecule has 0 bridgehead atoms. The van der Waals surface area contributed by atoms with Gasteiger partial charge in [0.2, 0.25) is 0 Å². The van der Waals surface area contributed by atoms with Crippen molar-refractivity contribution in [2.24, 2.45) is 0 Å². The van der Waals surface area contributed by atoms with Gasteiger partial charge in [-0.1, -0.05) is 114 Å². The van der Waals surface area contributed by atoms with Gasteiger partial charge in [-0.25, -0.2) is 0 Å². The summed E-state index contributed by atoms with van der Waals surface area (Å²) in [5, 5.41) is 0. The second kappa shape index (κ2) is 7.95. The molecule has 28 heavy (non-hydrogen) atoms. The molecular weight excluding hydrogens is 336 g/mol. The third-order valence-electron chi connectivity index (χ3n) is 6.65. The molecule has 3 aromatic carbocycles. The third kappa shape index (κ3) is 4.22. The van der Waals surface area contributed by atoms with Crippen LogP contribution in [-0.4, -0.2) is 0 Å². The molecule has 0 unspecified atom stereocenters. The summed E-state index contributed by atoms with van der Waals surface area (Å²) < 4.78 is 0. The van der Waals surface area contributed by atoms with Gasteiger partial charge in [0.25, 0.3) is 0 Å². The smallest absolute Gasteiger partial charge is 0.0106 e. The molecule has 0 aliphatic heterocycles. The van der Waals surface area contributed by atoms with Gasteiger partial charge in [0.15, 0.2) is 0 Å². The Hall–Kier alpha value is -2.34. The standard InChI is InChI=1S/C28H34/c1-7-27(3,4)25-17-13-23(14-18-25)21-9-11-22(12-10-21)24-15-19-26(20-16-24)28(5,6)8-2/h9-20H,7-8H2,1-6H3. The second-order valence-corrected chi connectivity index (χ2v) is 9.21. The van der Waals surface area contributed by atoms with Crippen molar-refractivity contribution in [1.29, 1.82) is 0 Å². The monoisotopic (exact) mass is 370 g/mol. The highest BCUT2D eigenvalue weighted by atomic mass is 14.2. The molecule has 0 heterocycles. The van der Waals surface area contributed by atoms with E-state index in [1.807, 2.05) is 0 Å². The van der Waals surface area contributed by atoms with Crippen LogP contribution in [0.5, 0.6) is 0 Å². The molecule has 0 heteroatoms. The summed E-state index contributed by atoms with van der Waals surface area (Å²) in [6.07, 6.45) is 2.30. The summed E-state index contributed by atoms with van der Waals surface area (Å²) in [6.45, 7) is 13.7. The topological polar surface area (TPSA) is 0 Å². The first-order valence-electron chi connectivity index (χ1n) is 10.6. The molecule has 146 valence electrons. The third-order valence-corrected chi connectivity index (χ3v) is 6.65. The number of rotatable bonds is 6. The lowest BCUT2D eigenvalue weighted by Gasteiger charge is -2.23. The van der Waals surface area contributed by atoms with Crippen molar-refractivity contribution in [2.45, 2.75) is 65.2 Å². The van der Waals surface area contributed by atoms with Crippen LogP contribution in [0.4, 0.5) is 0 Å². The molecular formula is C28H34. The first-order valence-corrected chi connectivity index (χ1v) is 10.6. The zero-order chi connectivity index (χ0) is 20.4. The van der Waals surface area contributed by atoms with Gasteiger partial charge in [0, 0.05) is 0 Å². The predicted octanol–water partition coefficient (Wildman–Crippen LogP) is 8.40. The summed E-state index contributed by atoms with van der Waals surface area (Å²) in [6, 6.07) is 27.1. The van der Waals surface area contributed by atoms with E-state index in [9.17, 15) is 0 Å². The first kappa shape index (κ1) is 20.4. The summed E-state index contributed by atoms with van der Waals surface area (Å²) >= 11 is 0. The molecule has 0 aliphatic carbocycles. The first-order chi connectivity index (χ1) is 13.3. The Balaban J connectivity index is 1.80. The predicted molar refractivity (Wildman–Crippen MR) is 124 cm³/mol. The number of benzene rings is 3. The molecule has 0 atom stereocenters. The van der Waals surface area contributed by atoms with Gasteiger partial charge in [0.05, 0.1) is 0 Å². The highest BCUT2D eigenvalue weighted by Crippen LogP contribution is 2.31. The summed E-state index contributed by atoms with van der Waals surface area (Å²) in [5.74, 6) is 0. The highest BCUT2D eigenvalue weighted by molar-refractivity contribution is 5.70. The van der Waals surface area contributed by atoms with Crippen molar-refractivity contribution in [3.05, 3.63) is 83.9 Å². The summed E-state index contributed by atoms with van der Waals surface area (Å²) in [4.78, 5) is 0. The molecule has 0 nitrogen and oxygen atoms in total. The Bertz CT molecular complexity index is 813. The van der Waals surface area contributed by atoms with Gasteiger partial charge in [-0.15, -0.1) is 0 Å². The van der Waals surface area contributed by atoms with E-state index in [4.69, 9.17) is 0 Å². The minimum atomic E-state index is 0.237. The molecule has 0 amide bonds. The summed E-state index contributed by atoms with van der Waals surface area (Å²) in [7, 11) is 0. The quantitative estimate of drug-likeness (QED) is 0.408. The number of hydrogen-bond acceptors (Lipinski definition) is 0. The van der Waals surface area contributed by atoms with Crippen LogP contribution < -0.4 is 0 Å². The van der Waals surface area contributed by atoms with Gasteiger partial charge in [-0.05, 0) is 57.1 Å². The molecule has 0 saturated carbocycles. The normalized spacial score (nSPS) is 12.2. The molecule has 3 aromatic rings. The largest absolute Gasteiger partial charge is 0.0646 e. The SMILES string of the molecule is CCC(C)(C)c1ccc(-c2ccc(-c3ccc(C(C)(C)CC)cc3)cc2)cc1. The molecule has 0 saturated heterocycles. The van der Waals surface area contributed by atoms with Crippen molar-refractivity contribution in [3.8, 4) is 22.3 Å². The van der Waals surface area contributed by atoms with Crippen molar-refractivity contribution in [3.63, 3.8) is 0 Å². The Labute approximate surface area is 171 Å². The van der Waals surface area contributed by atoms with Gasteiger partial charge in [0.1, 0.15) is 0 Å². The van der Waals surface area contributed by atoms with E-state index in [1.54, 1.807) is 0 Å². The average molecular weight is 371 g/mol. The van der Waals surface area contributed by atoms with Gasteiger partial charge in [-0.2, -0.15) is 0 Å². The van der Waals surface area contributed by atoms with E-state index in [0.717, 1.165) is 12.8 Å². The zero-order valence-corrected chi connectivity index (χ0v) is 18.3. The van der Waals surface area contributed by atoms with Crippen LogP contribution in [-0.2, 0) is 10.8 Å². The van der Waals surface area contributed by atoms with Crippen LogP contribution in [0, 0.1) is 0 Å². The fourth-order valence-corrected chi connectivity index (χ4v) is 3.49. The van der Waals surface area contributed by atoms with Gasteiger partial charge < -0.3 is 0 Å².